The standard InChI is InChI=1S/C19H19Cl2NO/c1-19(2,3)14-10-7-13(8-11-14)9-12-17(23)22-16-6-4-5-15(20)18(16)21/h4-12H,1-3H3,(H,22,23)/b12-9+. The fourth-order valence-electron chi connectivity index (χ4n) is 2.04. The molecule has 2 aromatic rings. The molecule has 1 N–H and O–H groups in total. The molecule has 0 aromatic heterocycles. The number of amides is 1. The molecular formula is C19H19Cl2NO. The third kappa shape index (κ3) is 4.85. The van der Waals surface area contributed by atoms with Gasteiger partial charge in [-0.3, -0.25) is 4.79 Å². The van der Waals surface area contributed by atoms with Gasteiger partial charge >= 0.3 is 0 Å². The summed E-state index contributed by atoms with van der Waals surface area (Å²) in [7, 11) is 0. The van der Waals surface area contributed by atoms with Crippen LogP contribution in [0.2, 0.25) is 10.0 Å². The van der Waals surface area contributed by atoms with Crippen molar-refractivity contribution >= 4 is 40.9 Å². The van der Waals surface area contributed by atoms with E-state index < -0.39 is 0 Å². The van der Waals surface area contributed by atoms with Crippen LogP contribution in [0.25, 0.3) is 6.08 Å². The topological polar surface area (TPSA) is 29.1 Å². The van der Waals surface area contributed by atoms with Crippen LogP contribution in [0.5, 0.6) is 0 Å². The van der Waals surface area contributed by atoms with Crippen molar-refractivity contribution in [2.24, 2.45) is 0 Å². The lowest BCUT2D eigenvalue weighted by atomic mass is 9.87. The highest BCUT2D eigenvalue weighted by Crippen LogP contribution is 2.29. The molecule has 0 unspecified atom stereocenters. The SMILES string of the molecule is CC(C)(C)c1ccc(/C=C/C(=O)Nc2cccc(Cl)c2Cl)cc1. The van der Waals surface area contributed by atoms with Crippen LogP contribution >= 0.6 is 23.2 Å². The van der Waals surface area contributed by atoms with Crippen molar-refractivity contribution in [3.63, 3.8) is 0 Å². The highest BCUT2D eigenvalue weighted by atomic mass is 35.5. The van der Waals surface area contributed by atoms with E-state index in [9.17, 15) is 4.79 Å². The number of hydrogen-bond acceptors (Lipinski definition) is 1. The first-order chi connectivity index (χ1) is 10.8. The van der Waals surface area contributed by atoms with Gasteiger partial charge in [-0.2, -0.15) is 0 Å². The minimum atomic E-state index is -0.255. The number of carbonyl (C=O) groups is 1. The van der Waals surface area contributed by atoms with E-state index in [-0.39, 0.29) is 11.3 Å². The second kappa shape index (κ2) is 7.20. The van der Waals surface area contributed by atoms with Crippen molar-refractivity contribution < 1.29 is 4.79 Å². The van der Waals surface area contributed by atoms with E-state index in [1.54, 1.807) is 24.3 Å². The summed E-state index contributed by atoms with van der Waals surface area (Å²) in [6.07, 6.45) is 3.24. The molecule has 23 heavy (non-hydrogen) atoms. The van der Waals surface area contributed by atoms with Crippen molar-refractivity contribution in [1.82, 2.24) is 0 Å². The molecule has 0 aliphatic heterocycles. The molecule has 2 rings (SSSR count). The summed E-state index contributed by atoms with van der Waals surface area (Å²) < 4.78 is 0. The maximum Gasteiger partial charge on any atom is 0.248 e. The van der Waals surface area contributed by atoms with Gasteiger partial charge in [-0.1, -0.05) is 74.3 Å². The fraction of sp³-hybridized carbons (Fsp3) is 0.211. The summed E-state index contributed by atoms with van der Waals surface area (Å²) in [4.78, 5) is 12.0. The number of anilines is 1. The predicted octanol–water partition coefficient (Wildman–Crippen LogP) is 5.94. The minimum absolute atomic E-state index is 0.114. The summed E-state index contributed by atoms with van der Waals surface area (Å²) in [6, 6.07) is 13.3. The second-order valence-corrected chi connectivity index (χ2v) is 7.08. The Balaban J connectivity index is 2.05. The first-order valence-electron chi connectivity index (χ1n) is 7.31. The van der Waals surface area contributed by atoms with Crippen LogP contribution in [-0.2, 0) is 10.2 Å². The molecular weight excluding hydrogens is 329 g/mol. The smallest absolute Gasteiger partial charge is 0.248 e. The van der Waals surface area contributed by atoms with E-state index in [0.717, 1.165) is 5.56 Å². The second-order valence-electron chi connectivity index (χ2n) is 6.30. The molecule has 0 heterocycles. The predicted molar refractivity (Wildman–Crippen MR) is 99.3 cm³/mol. The Bertz CT molecular complexity index is 728. The average Bonchev–Trinajstić information content (AvgIpc) is 2.49. The summed E-state index contributed by atoms with van der Waals surface area (Å²) in [6.45, 7) is 6.50. The van der Waals surface area contributed by atoms with Crippen LogP contribution in [0.3, 0.4) is 0 Å². The number of rotatable bonds is 3. The van der Waals surface area contributed by atoms with Gasteiger partial charge in [-0.05, 0) is 34.8 Å². The average molecular weight is 348 g/mol. The van der Waals surface area contributed by atoms with Gasteiger partial charge in [0.05, 0.1) is 15.7 Å². The summed E-state index contributed by atoms with van der Waals surface area (Å²) in [5.74, 6) is -0.255. The van der Waals surface area contributed by atoms with E-state index in [1.807, 2.05) is 12.1 Å². The molecule has 0 bridgehead atoms. The van der Waals surface area contributed by atoms with Gasteiger partial charge in [-0.25, -0.2) is 0 Å². The zero-order valence-electron chi connectivity index (χ0n) is 13.4. The lowest BCUT2D eigenvalue weighted by Gasteiger charge is -2.18. The molecule has 0 spiro atoms. The molecule has 0 aliphatic rings. The van der Waals surface area contributed by atoms with E-state index in [2.05, 4.69) is 38.2 Å². The van der Waals surface area contributed by atoms with E-state index in [4.69, 9.17) is 23.2 Å². The first-order valence-corrected chi connectivity index (χ1v) is 8.06. The molecule has 4 heteroatoms. The van der Waals surface area contributed by atoms with E-state index in [0.29, 0.717) is 15.7 Å². The quantitative estimate of drug-likeness (QED) is 0.683. The summed E-state index contributed by atoms with van der Waals surface area (Å²) in [5.41, 5.74) is 2.83. The molecule has 2 nitrogen and oxygen atoms in total. The van der Waals surface area contributed by atoms with Crippen molar-refractivity contribution in [1.29, 1.82) is 0 Å². The van der Waals surface area contributed by atoms with Gasteiger partial charge in [0.1, 0.15) is 0 Å². The largest absolute Gasteiger partial charge is 0.321 e. The van der Waals surface area contributed by atoms with E-state index in [1.165, 1.54) is 11.6 Å². The third-order valence-electron chi connectivity index (χ3n) is 3.41. The van der Waals surface area contributed by atoms with Crippen LogP contribution in [0, 0.1) is 0 Å². The minimum Gasteiger partial charge on any atom is -0.321 e. The first kappa shape index (κ1) is 17.6. The Morgan fingerprint density at radius 1 is 1.04 bits per heavy atom. The highest BCUT2D eigenvalue weighted by Gasteiger charge is 2.12. The zero-order valence-corrected chi connectivity index (χ0v) is 14.9. The molecule has 0 fully saturated rings. The van der Waals surface area contributed by atoms with Gasteiger partial charge in [0.15, 0.2) is 0 Å². The molecule has 0 atom stereocenters. The molecule has 0 radical (unpaired) electrons. The fourth-order valence-corrected chi connectivity index (χ4v) is 2.39. The van der Waals surface area contributed by atoms with Crippen LogP contribution < -0.4 is 5.32 Å². The Kier molecular flexibility index (Phi) is 5.51. The van der Waals surface area contributed by atoms with Crippen LogP contribution in [-0.4, -0.2) is 5.91 Å². The van der Waals surface area contributed by atoms with Gasteiger partial charge < -0.3 is 5.32 Å². The molecule has 0 saturated carbocycles. The van der Waals surface area contributed by atoms with Crippen LogP contribution in [0.1, 0.15) is 31.9 Å². The van der Waals surface area contributed by atoms with Gasteiger partial charge in [0.2, 0.25) is 5.91 Å². The molecule has 0 aliphatic carbocycles. The third-order valence-corrected chi connectivity index (χ3v) is 4.23. The monoisotopic (exact) mass is 347 g/mol. The van der Waals surface area contributed by atoms with Crippen molar-refractivity contribution in [3.8, 4) is 0 Å². The zero-order chi connectivity index (χ0) is 17.0. The van der Waals surface area contributed by atoms with Crippen LogP contribution in [0.15, 0.2) is 48.5 Å². The lowest BCUT2D eigenvalue weighted by Crippen LogP contribution is -2.10. The van der Waals surface area contributed by atoms with Gasteiger partial charge in [-0.15, -0.1) is 0 Å². The normalized spacial score (nSPS) is 11.7. The number of benzene rings is 2. The van der Waals surface area contributed by atoms with E-state index >= 15 is 0 Å². The molecule has 1 amide bonds. The van der Waals surface area contributed by atoms with Gasteiger partial charge in [0, 0.05) is 6.08 Å². The molecule has 120 valence electrons. The number of nitrogens with one attached hydrogen (secondary N) is 1. The Labute approximate surface area is 147 Å². The van der Waals surface area contributed by atoms with Crippen molar-refractivity contribution in [2.75, 3.05) is 5.32 Å². The van der Waals surface area contributed by atoms with Gasteiger partial charge in [0.25, 0.3) is 0 Å². The summed E-state index contributed by atoms with van der Waals surface area (Å²) in [5, 5.41) is 3.46. The summed E-state index contributed by atoms with van der Waals surface area (Å²) >= 11 is 12.0. The lowest BCUT2D eigenvalue weighted by molar-refractivity contribution is -0.111. The number of hydrogen-bond donors (Lipinski definition) is 1. The van der Waals surface area contributed by atoms with Crippen molar-refractivity contribution in [2.45, 2.75) is 26.2 Å². The Hall–Kier alpha value is -1.77. The number of carbonyl (C=O) groups excluding carboxylic acids is 1. The Morgan fingerprint density at radius 3 is 2.30 bits per heavy atom. The molecule has 2 aromatic carbocycles. The number of halogens is 2. The van der Waals surface area contributed by atoms with Crippen LogP contribution in [0.4, 0.5) is 5.69 Å². The molecule has 0 saturated heterocycles. The Morgan fingerprint density at radius 2 is 1.70 bits per heavy atom. The van der Waals surface area contributed by atoms with Crippen molar-refractivity contribution in [3.05, 3.63) is 69.7 Å². The maximum atomic E-state index is 12.0. The highest BCUT2D eigenvalue weighted by molar-refractivity contribution is 6.44. The maximum absolute atomic E-state index is 12.0.